The van der Waals surface area contributed by atoms with Crippen LogP contribution in [0.3, 0.4) is 0 Å². The van der Waals surface area contributed by atoms with Crippen LogP contribution in [-0.2, 0) is 4.79 Å². The zero-order valence-corrected chi connectivity index (χ0v) is 16.7. The highest BCUT2D eigenvalue weighted by Crippen LogP contribution is 2.29. The van der Waals surface area contributed by atoms with Crippen molar-refractivity contribution < 1.29 is 4.79 Å². The topological polar surface area (TPSA) is 72.3 Å². The van der Waals surface area contributed by atoms with E-state index in [1.165, 1.54) is 0 Å². The lowest BCUT2D eigenvalue weighted by Crippen LogP contribution is -2.47. The molecule has 2 aliphatic heterocycles. The number of hydrogen-bond acceptors (Lipinski definition) is 6. The molecule has 2 aromatic rings. The van der Waals surface area contributed by atoms with Crippen LogP contribution < -0.4 is 10.2 Å². The van der Waals surface area contributed by atoms with Crippen molar-refractivity contribution in [3.63, 3.8) is 0 Å². The van der Waals surface area contributed by atoms with E-state index in [-0.39, 0.29) is 11.9 Å². The molecule has 6 nitrogen and oxygen atoms in total. The summed E-state index contributed by atoms with van der Waals surface area (Å²) >= 11 is 1.69. The van der Waals surface area contributed by atoms with Crippen molar-refractivity contribution in [2.75, 3.05) is 31.1 Å². The highest BCUT2D eigenvalue weighted by Gasteiger charge is 2.29. The van der Waals surface area contributed by atoms with Crippen molar-refractivity contribution >= 4 is 22.4 Å². The maximum absolute atomic E-state index is 12.4. The first-order chi connectivity index (χ1) is 13.7. The number of benzene rings is 1. The van der Waals surface area contributed by atoms with Gasteiger partial charge in [0.25, 0.3) is 0 Å². The zero-order chi connectivity index (χ0) is 19.3. The highest BCUT2D eigenvalue weighted by molar-refractivity contribution is 7.14. The van der Waals surface area contributed by atoms with E-state index in [1.807, 2.05) is 18.2 Å². The summed E-state index contributed by atoms with van der Waals surface area (Å²) in [5.41, 5.74) is 2.18. The van der Waals surface area contributed by atoms with Gasteiger partial charge in [-0.2, -0.15) is 5.26 Å². The van der Waals surface area contributed by atoms with E-state index in [9.17, 15) is 4.79 Å². The molecule has 3 heterocycles. The molecular weight excluding hydrogens is 370 g/mol. The molecule has 2 fully saturated rings. The summed E-state index contributed by atoms with van der Waals surface area (Å²) in [7, 11) is 0. The van der Waals surface area contributed by atoms with Crippen LogP contribution in [0.5, 0.6) is 0 Å². The van der Waals surface area contributed by atoms with E-state index < -0.39 is 0 Å². The monoisotopic (exact) mass is 395 g/mol. The number of hydrogen-bond donors (Lipinski definition) is 1. The molecule has 0 bridgehead atoms. The number of carbonyl (C=O) groups excluding carboxylic acids is 1. The van der Waals surface area contributed by atoms with Crippen molar-refractivity contribution in [3.05, 3.63) is 35.7 Å². The van der Waals surface area contributed by atoms with Gasteiger partial charge in [0.15, 0.2) is 5.13 Å². The van der Waals surface area contributed by atoms with Gasteiger partial charge in [-0.1, -0.05) is 30.3 Å². The maximum atomic E-state index is 12.4. The smallest absolute Gasteiger partial charge is 0.237 e. The van der Waals surface area contributed by atoms with Gasteiger partial charge >= 0.3 is 0 Å². The summed E-state index contributed by atoms with van der Waals surface area (Å²) in [5.74, 6) is 0.0545. The largest absolute Gasteiger partial charge is 0.348 e. The molecule has 1 aromatic heterocycles. The van der Waals surface area contributed by atoms with Gasteiger partial charge in [0.1, 0.15) is 6.04 Å². The lowest BCUT2D eigenvalue weighted by molar-refractivity contribution is -0.130. The van der Waals surface area contributed by atoms with Gasteiger partial charge in [0, 0.05) is 36.6 Å². The summed E-state index contributed by atoms with van der Waals surface area (Å²) in [4.78, 5) is 21.2. The maximum Gasteiger partial charge on any atom is 0.237 e. The van der Waals surface area contributed by atoms with Gasteiger partial charge in [-0.25, -0.2) is 4.98 Å². The Morgan fingerprint density at radius 2 is 2.00 bits per heavy atom. The Morgan fingerprint density at radius 1 is 1.21 bits per heavy atom. The second-order valence-corrected chi connectivity index (χ2v) is 8.23. The fourth-order valence-corrected chi connectivity index (χ4v) is 4.85. The van der Waals surface area contributed by atoms with Gasteiger partial charge in [0.05, 0.1) is 18.3 Å². The number of nitriles is 1. The standard InChI is InChI=1S/C21H25N5OS/c22-13-18-7-4-10-26(18)20(27)14-23-17-8-11-25(12-9-17)21-24-19(15-28-21)16-5-2-1-3-6-16/h1-3,5-6,15,17-18,23H,4,7-12,14H2. The molecule has 1 amide bonds. The summed E-state index contributed by atoms with van der Waals surface area (Å²) in [5, 5.41) is 15.7. The summed E-state index contributed by atoms with van der Waals surface area (Å²) in [6, 6.07) is 12.6. The normalized spacial score (nSPS) is 20.3. The molecule has 0 spiro atoms. The molecule has 2 saturated heterocycles. The molecule has 1 atom stereocenters. The van der Waals surface area contributed by atoms with Crippen LogP contribution in [0.1, 0.15) is 25.7 Å². The van der Waals surface area contributed by atoms with E-state index >= 15 is 0 Å². The average molecular weight is 396 g/mol. The SMILES string of the molecule is N#CC1CCCN1C(=O)CNC1CCN(c2nc(-c3ccccc3)cs2)CC1. The molecule has 0 saturated carbocycles. The minimum atomic E-state index is -0.236. The number of piperidine rings is 1. The molecule has 7 heteroatoms. The third kappa shape index (κ3) is 4.18. The molecule has 28 heavy (non-hydrogen) atoms. The zero-order valence-electron chi connectivity index (χ0n) is 15.9. The van der Waals surface area contributed by atoms with Crippen LogP contribution in [0.15, 0.2) is 35.7 Å². The first-order valence-electron chi connectivity index (χ1n) is 9.93. The van der Waals surface area contributed by atoms with E-state index in [4.69, 9.17) is 10.2 Å². The van der Waals surface area contributed by atoms with Gasteiger partial charge in [0.2, 0.25) is 5.91 Å². The molecule has 1 aromatic carbocycles. The molecule has 0 radical (unpaired) electrons. The number of rotatable bonds is 5. The number of thiazole rings is 1. The summed E-state index contributed by atoms with van der Waals surface area (Å²) in [6.07, 6.45) is 3.73. The molecule has 146 valence electrons. The van der Waals surface area contributed by atoms with Crippen LogP contribution in [-0.4, -0.2) is 54.1 Å². The van der Waals surface area contributed by atoms with E-state index in [2.05, 4.69) is 33.8 Å². The quantitative estimate of drug-likeness (QED) is 0.843. The molecule has 0 aliphatic carbocycles. The van der Waals surface area contributed by atoms with Crippen molar-refractivity contribution in [2.24, 2.45) is 0 Å². The van der Waals surface area contributed by atoms with Crippen LogP contribution in [0.4, 0.5) is 5.13 Å². The van der Waals surface area contributed by atoms with Crippen LogP contribution in [0, 0.1) is 11.3 Å². The Balaban J connectivity index is 1.26. The molecule has 4 rings (SSSR count). The lowest BCUT2D eigenvalue weighted by Gasteiger charge is -2.32. The summed E-state index contributed by atoms with van der Waals surface area (Å²) in [6.45, 7) is 2.93. The molecular formula is C21H25N5OS. The Bertz CT molecular complexity index is 838. The van der Waals surface area contributed by atoms with E-state index in [0.29, 0.717) is 19.1 Å². The molecule has 1 N–H and O–H groups in total. The minimum absolute atomic E-state index is 0.0545. The number of carbonyl (C=O) groups is 1. The summed E-state index contributed by atoms with van der Waals surface area (Å²) < 4.78 is 0. The van der Waals surface area contributed by atoms with E-state index in [1.54, 1.807) is 16.2 Å². The van der Waals surface area contributed by atoms with Crippen molar-refractivity contribution in [3.8, 4) is 17.3 Å². The molecule has 1 unspecified atom stereocenters. The van der Waals surface area contributed by atoms with Crippen molar-refractivity contribution in [2.45, 2.75) is 37.8 Å². The third-order valence-corrected chi connectivity index (χ3v) is 6.49. The second-order valence-electron chi connectivity index (χ2n) is 7.40. The lowest BCUT2D eigenvalue weighted by atomic mass is 10.1. The Kier molecular flexibility index (Phi) is 5.89. The highest BCUT2D eigenvalue weighted by atomic mass is 32.1. The third-order valence-electron chi connectivity index (χ3n) is 5.59. The number of nitrogens with zero attached hydrogens (tertiary/aromatic N) is 4. The van der Waals surface area contributed by atoms with Gasteiger partial charge in [-0.15, -0.1) is 11.3 Å². The number of nitrogens with one attached hydrogen (secondary N) is 1. The first kappa shape index (κ1) is 18.9. The number of amides is 1. The second kappa shape index (κ2) is 8.72. The van der Waals surface area contributed by atoms with Crippen LogP contribution >= 0.6 is 11.3 Å². The van der Waals surface area contributed by atoms with Crippen LogP contribution in [0.2, 0.25) is 0 Å². The number of aromatic nitrogens is 1. The van der Waals surface area contributed by atoms with Gasteiger partial charge < -0.3 is 15.1 Å². The van der Waals surface area contributed by atoms with Crippen molar-refractivity contribution in [1.82, 2.24) is 15.2 Å². The Morgan fingerprint density at radius 3 is 2.75 bits per heavy atom. The Labute approximate surface area is 169 Å². The Hall–Kier alpha value is -2.43. The van der Waals surface area contributed by atoms with Gasteiger partial charge in [-0.05, 0) is 25.7 Å². The predicted octanol–water partition coefficient (Wildman–Crippen LogP) is 2.88. The minimum Gasteiger partial charge on any atom is -0.348 e. The van der Waals surface area contributed by atoms with Crippen LogP contribution in [0.25, 0.3) is 11.3 Å². The molecule has 2 aliphatic rings. The number of anilines is 1. The number of likely N-dealkylation sites (tertiary alicyclic amines) is 1. The first-order valence-corrected chi connectivity index (χ1v) is 10.8. The van der Waals surface area contributed by atoms with Crippen molar-refractivity contribution in [1.29, 1.82) is 5.26 Å². The average Bonchev–Trinajstić information content (AvgIpc) is 3.43. The predicted molar refractivity (Wildman–Crippen MR) is 111 cm³/mol. The fourth-order valence-electron chi connectivity index (χ4n) is 3.96. The van der Waals surface area contributed by atoms with Gasteiger partial charge in [-0.3, -0.25) is 4.79 Å². The van der Waals surface area contributed by atoms with E-state index in [0.717, 1.165) is 55.2 Å². The fraction of sp³-hybridized carbons (Fsp3) is 0.476.